The molecule has 0 radical (unpaired) electrons. The average Bonchev–Trinajstić information content (AvgIpc) is 2.65. The van der Waals surface area contributed by atoms with E-state index in [-0.39, 0.29) is 12.5 Å². The molecule has 0 saturated carbocycles. The van der Waals surface area contributed by atoms with Crippen molar-refractivity contribution in [1.29, 1.82) is 0 Å². The lowest BCUT2D eigenvalue weighted by molar-refractivity contribution is -0.139. The molecule has 0 bridgehead atoms. The standard InChI is InChI=1S/C9H15N3O2/c1-3-12-5-4-11-8(12)6-10-7-9(13)14-2/h4-5,10H,3,6-7H2,1-2H3. The maximum absolute atomic E-state index is 10.8. The molecule has 5 nitrogen and oxygen atoms in total. The third-order valence-corrected chi connectivity index (χ3v) is 1.92. The third-order valence-electron chi connectivity index (χ3n) is 1.92. The normalized spacial score (nSPS) is 10.1. The zero-order valence-corrected chi connectivity index (χ0v) is 8.49. The van der Waals surface area contributed by atoms with Gasteiger partial charge in [0.15, 0.2) is 0 Å². The van der Waals surface area contributed by atoms with E-state index in [2.05, 4.69) is 15.0 Å². The van der Waals surface area contributed by atoms with Gasteiger partial charge in [0.25, 0.3) is 0 Å². The predicted octanol–water partition coefficient (Wildman–Crippen LogP) is 0.166. The van der Waals surface area contributed by atoms with Gasteiger partial charge in [0, 0.05) is 18.9 Å². The van der Waals surface area contributed by atoms with E-state index >= 15 is 0 Å². The van der Waals surface area contributed by atoms with Crippen LogP contribution in [-0.4, -0.2) is 29.2 Å². The number of carbonyl (C=O) groups is 1. The number of hydrogen-bond donors (Lipinski definition) is 1. The van der Waals surface area contributed by atoms with E-state index in [4.69, 9.17) is 0 Å². The molecular weight excluding hydrogens is 182 g/mol. The summed E-state index contributed by atoms with van der Waals surface area (Å²) in [5.74, 6) is 0.663. The average molecular weight is 197 g/mol. The van der Waals surface area contributed by atoms with E-state index in [1.54, 1.807) is 6.20 Å². The Hall–Kier alpha value is -1.36. The molecule has 0 aliphatic carbocycles. The zero-order valence-electron chi connectivity index (χ0n) is 8.49. The summed E-state index contributed by atoms with van der Waals surface area (Å²) in [5.41, 5.74) is 0. The van der Waals surface area contributed by atoms with Gasteiger partial charge in [-0.05, 0) is 6.92 Å². The van der Waals surface area contributed by atoms with Gasteiger partial charge in [-0.1, -0.05) is 0 Å². The Kier molecular flexibility index (Phi) is 4.12. The lowest BCUT2D eigenvalue weighted by Crippen LogP contribution is -2.24. The molecule has 0 aliphatic rings. The number of esters is 1. The van der Waals surface area contributed by atoms with Crippen molar-refractivity contribution in [3.05, 3.63) is 18.2 Å². The number of carbonyl (C=O) groups excluding carboxylic acids is 1. The maximum Gasteiger partial charge on any atom is 0.319 e. The minimum absolute atomic E-state index is 0.215. The third kappa shape index (κ3) is 2.85. The van der Waals surface area contributed by atoms with Gasteiger partial charge in [0.1, 0.15) is 5.82 Å². The molecule has 1 rings (SSSR count). The lowest BCUT2D eigenvalue weighted by Gasteiger charge is -2.05. The monoisotopic (exact) mass is 197 g/mol. The van der Waals surface area contributed by atoms with Crippen LogP contribution in [0.5, 0.6) is 0 Å². The van der Waals surface area contributed by atoms with Gasteiger partial charge in [-0.15, -0.1) is 0 Å². The Balaban J connectivity index is 2.34. The van der Waals surface area contributed by atoms with E-state index in [1.165, 1.54) is 7.11 Å². The maximum atomic E-state index is 10.8. The van der Waals surface area contributed by atoms with Crippen LogP contribution in [0.1, 0.15) is 12.7 Å². The van der Waals surface area contributed by atoms with Crippen molar-refractivity contribution in [3.8, 4) is 0 Å². The first kappa shape index (κ1) is 10.7. The molecule has 0 amide bonds. The number of imidazole rings is 1. The highest BCUT2D eigenvalue weighted by molar-refractivity contribution is 5.71. The van der Waals surface area contributed by atoms with Crippen LogP contribution in [0.15, 0.2) is 12.4 Å². The van der Waals surface area contributed by atoms with Crippen molar-refractivity contribution >= 4 is 5.97 Å². The van der Waals surface area contributed by atoms with Gasteiger partial charge < -0.3 is 9.30 Å². The minimum atomic E-state index is -0.264. The fourth-order valence-corrected chi connectivity index (χ4v) is 1.14. The highest BCUT2D eigenvalue weighted by atomic mass is 16.5. The zero-order chi connectivity index (χ0) is 10.4. The second-order valence-electron chi connectivity index (χ2n) is 2.81. The van der Waals surface area contributed by atoms with Crippen LogP contribution >= 0.6 is 0 Å². The summed E-state index contributed by atoms with van der Waals surface area (Å²) >= 11 is 0. The number of rotatable bonds is 5. The van der Waals surface area contributed by atoms with Gasteiger partial charge in [-0.2, -0.15) is 0 Å². The number of methoxy groups -OCH3 is 1. The number of aromatic nitrogens is 2. The molecule has 0 saturated heterocycles. The van der Waals surface area contributed by atoms with E-state index in [0.717, 1.165) is 12.4 Å². The highest BCUT2D eigenvalue weighted by Gasteiger charge is 2.02. The van der Waals surface area contributed by atoms with Crippen LogP contribution in [0.3, 0.4) is 0 Å². The second-order valence-corrected chi connectivity index (χ2v) is 2.81. The molecule has 78 valence electrons. The first-order valence-electron chi connectivity index (χ1n) is 4.55. The van der Waals surface area contributed by atoms with Crippen molar-refractivity contribution in [2.75, 3.05) is 13.7 Å². The van der Waals surface area contributed by atoms with Gasteiger partial charge >= 0.3 is 5.97 Å². The number of nitrogens with one attached hydrogen (secondary N) is 1. The minimum Gasteiger partial charge on any atom is -0.468 e. The number of nitrogens with zero attached hydrogens (tertiary/aromatic N) is 2. The lowest BCUT2D eigenvalue weighted by atomic mass is 10.5. The highest BCUT2D eigenvalue weighted by Crippen LogP contribution is 1.96. The van der Waals surface area contributed by atoms with Crippen LogP contribution in [0.25, 0.3) is 0 Å². The molecule has 0 unspecified atom stereocenters. The molecule has 14 heavy (non-hydrogen) atoms. The van der Waals surface area contributed by atoms with Crippen molar-refractivity contribution in [2.24, 2.45) is 0 Å². The fraction of sp³-hybridized carbons (Fsp3) is 0.556. The van der Waals surface area contributed by atoms with Crippen molar-refractivity contribution in [2.45, 2.75) is 20.0 Å². The molecule has 0 aliphatic heterocycles. The van der Waals surface area contributed by atoms with Crippen LogP contribution < -0.4 is 5.32 Å². The van der Waals surface area contributed by atoms with Gasteiger partial charge in [-0.25, -0.2) is 4.98 Å². The largest absolute Gasteiger partial charge is 0.468 e. The SMILES string of the molecule is CCn1ccnc1CNCC(=O)OC. The molecule has 0 atom stereocenters. The predicted molar refractivity (Wildman–Crippen MR) is 51.6 cm³/mol. The molecule has 5 heteroatoms. The Bertz CT molecular complexity index is 296. The summed E-state index contributed by atoms with van der Waals surface area (Å²) in [6, 6.07) is 0. The first-order chi connectivity index (χ1) is 6.77. The van der Waals surface area contributed by atoms with E-state index in [1.807, 2.05) is 17.7 Å². The van der Waals surface area contributed by atoms with Crippen LogP contribution in [-0.2, 0) is 22.6 Å². The van der Waals surface area contributed by atoms with Crippen molar-refractivity contribution in [1.82, 2.24) is 14.9 Å². The van der Waals surface area contributed by atoms with Crippen LogP contribution in [0.4, 0.5) is 0 Å². The van der Waals surface area contributed by atoms with Crippen molar-refractivity contribution < 1.29 is 9.53 Å². The van der Waals surface area contributed by atoms with Gasteiger partial charge in [0.2, 0.25) is 0 Å². The Morgan fingerprint density at radius 3 is 3.14 bits per heavy atom. The number of aryl methyl sites for hydroxylation is 1. The van der Waals surface area contributed by atoms with E-state index in [0.29, 0.717) is 6.54 Å². The van der Waals surface area contributed by atoms with Crippen LogP contribution in [0, 0.1) is 0 Å². The summed E-state index contributed by atoms with van der Waals surface area (Å²) in [6.07, 6.45) is 3.66. The summed E-state index contributed by atoms with van der Waals surface area (Å²) in [4.78, 5) is 14.9. The Labute approximate surface area is 83.1 Å². The summed E-state index contributed by atoms with van der Waals surface area (Å²) < 4.78 is 6.52. The molecule has 1 aromatic heterocycles. The van der Waals surface area contributed by atoms with Crippen LogP contribution in [0.2, 0.25) is 0 Å². The fourth-order valence-electron chi connectivity index (χ4n) is 1.14. The smallest absolute Gasteiger partial charge is 0.319 e. The Morgan fingerprint density at radius 2 is 2.50 bits per heavy atom. The van der Waals surface area contributed by atoms with Gasteiger partial charge in [-0.3, -0.25) is 10.1 Å². The summed E-state index contributed by atoms with van der Waals surface area (Å²) in [5, 5.41) is 2.96. The molecule has 0 spiro atoms. The second kappa shape index (κ2) is 5.39. The van der Waals surface area contributed by atoms with Gasteiger partial charge in [0.05, 0.1) is 20.2 Å². The summed E-state index contributed by atoms with van der Waals surface area (Å²) in [6.45, 7) is 3.73. The molecule has 1 aromatic rings. The quantitative estimate of drug-likeness (QED) is 0.683. The first-order valence-corrected chi connectivity index (χ1v) is 4.55. The van der Waals surface area contributed by atoms with E-state index < -0.39 is 0 Å². The topological polar surface area (TPSA) is 56.2 Å². The molecular formula is C9H15N3O2. The summed E-state index contributed by atoms with van der Waals surface area (Å²) in [7, 11) is 1.37. The number of ether oxygens (including phenoxy) is 1. The molecule has 0 aromatic carbocycles. The molecule has 0 fully saturated rings. The number of hydrogen-bond acceptors (Lipinski definition) is 4. The molecule has 1 N–H and O–H groups in total. The Morgan fingerprint density at radius 1 is 1.71 bits per heavy atom. The molecule has 1 heterocycles. The van der Waals surface area contributed by atoms with E-state index in [9.17, 15) is 4.79 Å². The van der Waals surface area contributed by atoms with Crippen molar-refractivity contribution in [3.63, 3.8) is 0 Å².